The van der Waals surface area contributed by atoms with Gasteiger partial charge in [0.05, 0.1) is 0 Å². The number of hydrogen-bond donors (Lipinski definition) is 0. The van der Waals surface area contributed by atoms with E-state index in [1.165, 1.54) is 5.56 Å². The summed E-state index contributed by atoms with van der Waals surface area (Å²) in [6, 6.07) is 20.2. The van der Waals surface area contributed by atoms with Crippen LogP contribution in [0.3, 0.4) is 0 Å². The van der Waals surface area contributed by atoms with Crippen LogP contribution in [0, 0.1) is 0 Å². The van der Waals surface area contributed by atoms with E-state index in [4.69, 9.17) is 4.42 Å². The van der Waals surface area contributed by atoms with Gasteiger partial charge in [0.2, 0.25) is 11.8 Å². The van der Waals surface area contributed by atoms with E-state index >= 15 is 0 Å². The van der Waals surface area contributed by atoms with Gasteiger partial charge in [0.25, 0.3) is 0 Å². The van der Waals surface area contributed by atoms with Gasteiger partial charge in [-0.2, -0.15) is 0 Å². The molecule has 0 radical (unpaired) electrons. The van der Waals surface area contributed by atoms with E-state index in [0.717, 1.165) is 24.2 Å². The molecule has 1 aromatic heterocycles. The van der Waals surface area contributed by atoms with Gasteiger partial charge in [-0.05, 0) is 23.8 Å². The lowest BCUT2D eigenvalue weighted by Crippen LogP contribution is -2.19. The lowest BCUT2D eigenvalue weighted by molar-refractivity contribution is 0.405. The molecule has 24 heavy (non-hydrogen) atoms. The molecule has 2 aromatic carbocycles. The van der Waals surface area contributed by atoms with Crippen molar-refractivity contribution in [2.45, 2.75) is 6.54 Å². The summed E-state index contributed by atoms with van der Waals surface area (Å²) < 4.78 is 5.80. The Morgan fingerprint density at radius 1 is 0.875 bits per heavy atom. The van der Waals surface area contributed by atoms with E-state index in [9.17, 15) is 0 Å². The van der Waals surface area contributed by atoms with Crippen LogP contribution in [-0.2, 0) is 6.54 Å². The van der Waals surface area contributed by atoms with Crippen LogP contribution in [0.1, 0.15) is 11.5 Å². The van der Waals surface area contributed by atoms with Crippen LogP contribution in [0.25, 0.3) is 17.0 Å². The van der Waals surface area contributed by atoms with Crippen LogP contribution in [0.4, 0.5) is 0 Å². The topological polar surface area (TPSA) is 42.2 Å². The molecule has 3 aromatic rings. The maximum Gasteiger partial charge on any atom is 0.248 e. The van der Waals surface area contributed by atoms with Crippen molar-refractivity contribution < 1.29 is 4.42 Å². The van der Waals surface area contributed by atoms with E-state index < -0.39 is 0 Å². The molecule has 0 unspecified atom stereocenters. The minimum Gasteiger partial charge on any atom is -0.416 e. The summed E-state index contributed by atoms with van der Waals surface area (Å²) in [4.78, 5) is 2.24. The molecule has 0 fully saturated rings. The normalized spacial score (nSPS) is 13.8. The SMILES string of the molecule is C1=CN(Cc2ccccc2)CC=C1c1nnc(-c2ccccc2)o1. The largest absolute Gasteiger partial charge is 0.416 e. The van der Waals surface area contributed by atoms with E-state index in [1.54, 1.807) is 0 Å². The van der Waals surface area contributed by atoms with Crippen molar-refractivity contribution in [3.05, 3.63) is 90.5 Å². The zero-order valence-electron chi connectivity index (χ0n) is 13.2. The second-order valence-corrected chi connectivity index (χ2v) is 5.67. The number of aromatic nitrogens is 2. The number of hydrogen-bond acceptors (Lipinski definition) is 4. The van der Waals surface area contributed by atoms with E-state index in [0.29, 0.717) is 11.8 Å². The van der Waals surface area contributed by atoms with Crippen molar-refractivity contribution in [2.75, 3.05) is 6.54 Å². The minimum absolute atomic E-state index is 0.548. The molecule has 0 amide bonds. The number of rotatable bonds is 4. The summed E-state index contributed by atoms with van der Waals surface area (Å²) in [5, 5.41) is 8.31. The van der Waals surface area contributed by atoms with Gasteiger partial charge in [-0.25, -0.2) is 0 Å². The highest BCUT2D eigenvalue weighted by Gasteiger charge is 2.13. The van der Waals surface area contributed by atoms with Crippen LogP contribution in [0.2, 0.25) is 0 Å². The van der Waals surface area contributed by atoms with Gasteiger partial charge in [-0.1, -0.05) is 54.6 Å². The Bertz CT molecular complexity index is 866. The highest BCUT2D eigenvalue weighted by molar-refractivity contribution is 5.70. The molecule has 1 aliphatic heterocycles. The minimum atomic E-state index is 0.548. The molecule has 0 saturated carbocycles. The third-order valence-electron chi connectivity index (χ3n) is 3.93. The van der Waals surface area contributed by atoms with E-state index in [1.807, 2.05) is 42.5 Å². The first-order valence-electron chi connectivity index (χ1n) is 7.94. The predicted octanol–water partition coefficient (Wildman–Crippen LogP) is 4.15. The molecule has 0 atom stereocenters. The maximum atomic E-state index is 5.80. The highest BCUT2D eigenvalue weighted by Crippen LogP contribution is 2.23. The molecular formula is C20H17N3O. The third kappa shape index (κ3) is 3.13. The Balaban J connectivity index is 1.45. The van der Waals surface area contributed by atoms with Crippen LogP contribution < -0.4 is 0 Å². The zero-order valence-corrected chi connectivity index (χ0v) is 13.2. The van der Waals surface area contributed by atoms with Crippen molar-refractivity contribution in [1.29, 1.82) is 0 Å². The van der Waals surface area contributed by atoms with Crippen molar-refractivity contribution >= 4 is 5.57 Å². The molecule has 0 bridgehead atoms. The van der Waals surface area contributed by atoms with Crippen LogP contribution >= 0.6 is 0 Å². The van der Waals surface area contributed by atoms with E-state index in [2.05, 4.69) is 51.6 Å². The van der Waals surface area contributed by atoms with Crippen molar-refractivity contribution in [3.63, 3.8) is 0 Å². The van der Waals surface area contributed by atoms with Crippen LogP contribution in [-0.4, -0.2) is 21.6 Å². The molecule has 0 N–H and O–H groups in total. The third-order valence-corrected chi connectivity index (χ3v) is 3.93. The molecule has 1 aliphatic rings. The van der Waals surface area contributed by atoms with Gasteiger partial charge < -0.3 is 9.32 Å². The average molecular weight is 315 g/mol. The lowest BCUT2D eigenvalue weighted by Gasteiger charge is -2.21. The standard InChI is InChI=1S/C20H17N3O/c1-3-7-16(8-4-1)15-23-13-11-18(12-14-23)20-22-21-19(24-20)17-9-5-2-6-10-17/h1-13H,14-15H2. The van der Waals surface area contributed by atoms with Crippen molar-refractivity contribution in [3.8, 4) is 11.5 Å². The summed E-state index contributed by atoms with van der Waals surface area (Å²) in [7, 11) is 0. The maximum absolute atomic E-state index is 5.80. The van der Waals surface area contributed by atoms with Crippen LogP contribution in [0.5, 0.6) is 0 Å². The predicted molar refractivity (Wildman–Crippen MR) is 93.7 cm³/mol. The van der Waals surface area contributed by atoms with Gasteiger partial charge in [-0.15, -0.1) is 10.2 Å². The first-order chi connectivity index (χ1) is 11.9. The Labute approximate surface area is 140 Å². The Morgan fingerprint density at radius 2 is 1.58 bits per heavy atom. The monoisotopic (exact) mass is 315 g/mol. The van der Waals surface area contributed by atoms with Gasteiger partial charge in [0.15, 0.2) is 0 Å². The Kier molecular flexibility index (Phi) is 3.94. The second kappa shape index (κ2) is 6.54. The molecule has 0 spiro atoms. The molecular weight excluding hydrogens is 298 g/mol. The molecule has 4 heteroatoms. The number of benzene rings is 2. The number of nitrogens with zero attached hydrogens (tertiary/aromatic N) is 3. The molecule has 4 nitrogen and oxygen atoms in total. The molecule has 2 heterocycles. The molecule has 0 saturated heterocycles. The van der Waals surface area contributed by atoms with Crippen molar-refractivity contribution in [1.82, 2.24) is 15.1 Å². The number of allylic oxidation sites excluding steroid dienone is 2. The summed E-state index contributed by atoms with van der Waals surface area (Å²) >= 11 is 0. The van der Waals surface area contributed by atoms with Gasteiger partial charge in [-0.3, -0.25) is 0 Å². The fourth-order valence-electron chi connectivity index (χ4n) is 2.66. The quantitative estimate of drug-likeness (QED) is 0.725. The lowest BCUT2D eigenvalue weighted by atomic mass is 10.1. The molecule has 0 aliphatic carbocycles. The van der Waals surface area contributed by atoms with Gasteiger partial charge in [0, 0.05) is 30.4 Å². The molecule has 4 rings (SSSR count). The highest BCUT2D eigenvalue weighted by atomic mass is 16.4. The fourth-order valence-corrected chi connectivity index (χ4v) is 2.66. The van der Waals surface area contributed by atoms with E-state index in [-0.39, 0.29) is 0 Å². The average Bonchev–Trinajstić information content (AvgIpc) is 3.14. The summed E-state index contributed by atoms with van der Waals surface area (Å²) in [5.74, 6) is 1.11. The first-order valence-corrected chi connectivity index (χ1v) is 7.94. The zero-order chi connectivity index (χ0) is 16.2. The molecule has 118 valence electrons. The summed E-state index contributed by atoms with van der Waals surface area (Å²) in [5.41, 5.74) is 3.19. The first kappa shape index (κ1) is 14.5. The summed E-state index contributed by atoms with van der Waals surface area (Å²) in [6.45, 7) is 1.71. The van der Waals surface area contributed by atoms with Gasteiger partial charge >= 0.3 is 0 Å². The second-order valence-electron chi connectivity index (χ2n) is 5.67. The van der Waals surface area contributed by atoms with Gasteiger partial charge in [0.1, 0.15) is 0 Å². The Hall–Kier alpha value is -3.14. The summed E-state index contributed by atoms with van der Waals surface area (Å²) in [6.07, 6.45) is 6.22. The van der Waals surface area contributed by atoms with Crippen molar-refractivity contribution in [2.24, 2.45) is 0 Å². The fraction of sp³-hybridized carbons (Fsp3) is 0.100. The Morgan fingerprint density at radius 3 is 2.29 bits per heavy atom. The van der Waals surface area contributed by atoms with Crippen LogP contribution in [0.15, 0.2) is 83.4 Å². The smallest absolute Gasteiger partial charge is 0.248 e.